The third kappa shape index (κ3) is 2.47. The van der Waals surface area contributed by atoms with Gasteiger partial charge in [0.25, 0.3) is 0 Å². The van der Waals surface area contributed by atoms with Gasteiger partial charge >= 0.3 is 0 Å². The molecule has 1 fully saturated rings. The number of aliphatic hydroxyl groups excluding tert-OH is 1. The van der Waals surface area contributed by atoms with Gasteiger partial charge in [-0.3, -0.25) is 14.5 Å². The summed E-state index contributed by atoms with van der Waals surface area (Å²) in [4.78, 5) is 25.5. The van der Waals surface area contributed by atoms with E-state index in [0.717, 1.165) is 0 Å². The van der Waals surface area contributed by atoms with E-state index < -0.39 is 6.10 Å². The summed E-state index contributed by atoms with van der Waals surface area (Å²) in [7, 11) is 1.51. The van der Waals surface area contributed by atoms with Crippen molar-refractivity contribution in [2.45, 2.75) is 25.4 Å². The Hall–Kier alpha value is -1.20. The van der Waals surface area contributed by atoms with Gasteiger partial charge in [-0.25, -0.2) is 0 Å². The number of carbonyl (C=O) groups excluding carboxylic acids is 2. The summed E-state index contributed by atoms with van der Waals surface area (Å²) < 4.78 is 4.82. The fourth-order valence-electron chi connectivity index (χ4n) is 2.64. The van der Waals surface area contributed by atoms with E-state index in [2.05, 4.69) is 0 Å². The third-order valence-corrected chi connectivity index (χ3v) is 3.64. The number of methoxy groups -OCH3 is 1. The molecule has 0 radical (unpaired) electrons. The molecule has 0 spiro atoms. The van der Waals surface area contributed by atoms with Crippen LogP contribution in [0.1, 0.15) is 19.3 Å². The van der Waals surface area contributed by atoms with E-state index in [1.54, 1.807) is 0 Å². The van der Waals surface area contributed by atoms with Crippen molar-refractivity contribution in [1.29, 1.82) is 0 Å². The summed E-state index contributed by atoms with van der Waals surface area (Å²) in [6, 6.07) is 0. The number of ether oxygens (including phenoxy) is 1. The summed E-state index contributed by atoms with van der Waals surface area (Å²) in [5.74, 6) is -0.526. The summed E-state index contributed by atoms with van der Waals surface area (Å²) in [5, 5.41) is 9.55. The van der Waals surface area contributed by atoms with Crippen LogP contribution in [0.25, 0.3) is 0 Å². The van der Waals surface area contributed by atoms with Crippen molar-refractivity contribution in [1.82, 2.24) is 4.90 Å². The van der Waals surface area contributed by atoms with Gasteiger partial charge in [-0.1, -0.05) is 12.2 Å². The fourth-order valence-corrected chi connectivity index (χ4v) is 2.64. The molecule has 1 aliphatic carbocycles. The number of allylic oxidation sites excluding steroid dienone is 2. The third-order valence-electron chi connectivity index (χ3n) is 3.64. The predicted octanol–water partition coefficient (Wildman–Crippen LogP) is 0.335. The zero-order chi connectivity index (χ0) is 13.1. The molecule has 2 amide bonds. The molecular weight excluding hydrogens is 234 g/mol. The lowest BCUT2D eigenvalue weighted by atomic mass is 9.85. The number of aliphatic hydroxyl groups is 1. The molecule has 1 saturated heterocycles. The van der Waals surface area contributed by atoms with Gasteiger partial charge in [-0.15, -0.1) is 0 Å². The number of fused-ring (bicyclic) bond motifs is 1. The van der Waals surface area contributed by atoms with Crippen LogP contribution < -0.4 is 0 Å². The Balaban J connectivity index is 1.94. The minimum absolute atomic E-state index is 0.0843. The second kappa shape index (κ2) is 5.63. The maximum Gasteiger partial charge on any atom is 0.233 e. The second-order valence-corrected chi connectivity index (χ2v) is 4.88. The van der Waals surface area contributed by atoms with E-state index in [1.807, 2.05) is 12.2 Å². The lowest BCUT2D eigenvalue weighted by Crippen LogP contribution is -2.34. The molecule has 0 aromatic heterocycles. The van der Waals surface area contributed by atoms with Gasteiger partial charge in [0.1, 0.15) is 0 Å². The van der Waals surface area contributed by atoms with Crippen molar-refractivity contribution < 1.29 is 19.4 Å². The minimum atomic E-state index is -0.628. The van der Waals surface area contributed by atoms with Gasteiger partial charge in [0.15, 0.2) is 0 Å². The highest BCUT2D eigenvalue weighted by Gasteiger charge is 2.46. The van der Waals surface area contributed by atoms with Crippen LogP contribution in [0, 0.1) is 11.8 Å². The van der Waals surface area contributed by atoms with Gasteiger partial charge in [0, 0.05) is 13.7 Å². The Morgan fingerprint density at radius 2 is 1.89 bits per heavy atom. The van der Waals surface area contributed by atoms with Crippen molar-refractivity contribution in [3.8, 4) is 0 Å². The maximum atomic E-state index is 12.1. The average molecular weight is 253 g/mol. The highest BCUT2D eigenvalue weighted by atomic mass is 16.5. The number of carbonyl (C=O) groups is 2. The monoisotopic (exact) mass is 253 g/mol. The number of hydrogen-bond acceptors (Lipinski definition) is 4. The fraction of sp³-hybridized carbons (Fsp3) is 0.692. The Morgan fingerprint density at radius 1 is 1.33 bits per heavy atom. The molecule has 0 bridgehead atoms. The standard InChI is InChI=1S/C13H19NO4/c1-18-8-9(15)6-7-14-12(16)10-4-2-3-5-11(10)13(14)17/h2-3,9-11,15H,4-8H2,1H3/t9?,10-,11+. The van der Waals surface area contributed by atoms with Crippen LogP contribution in [0.2, 0.25) is 0 Å². The number of nitrogens with zero attached hydrogens (tertiary/aromatic N) is 1. The van der Waals surface area contributed by atoms with Crippen molar-refractivity contribution in [2.75, 3.05) is 20.3 Å². The van der Waals surface area contributed by atoms with Crippen molar-refractivity contribution in [3.05, 3.63) is 12.2 Å². The highest BCUT2D eigenvalue weighted by Crippen LogP contribution is 2.35. The van der Waals surface area contributed by atoms with Crippen molar-refractivity contribution in [3.63, 3.8) is 0 Å². The first-order chi connectivity index (χ1) is 8.65. The quantitative estimate of drug-likeness (QED) is 0.566. The number of imide groups is 1. The molecule has 1 heterocycles. The topological polar surface area (TPSA) is 66.8 Å². The number of hydrogen-bond donors (Lipinski definition) is 1. The predicted molar refractivity (Wildman–Crippen MR) is 64.6 cm³/mol. The highest BCUT2D eigenvalue weighted by molar-refractivity contribution is 6.05. The Morgan fingerprint density at radius 3 is 2.39 bits per heavy atom. The first kappa shape index (κ1) is 13.2. The molecule has 100 valence electrons. The summed E-state index contributed by atoms with van der Waals surface area (Å²) in [6.45, 7) is 0.514. The molecular formula is C13H19NO4. The number of likely N-dealkylation sites (tertiary alicyclic amines) is 1. The van der Waals surface area contributed by atoms with Gasteiger partial charge in [0.05, 0.1) is 24.5 Å². The van der Waals surface area contributed by atoms with E-state index in [-0.39, 0.29) is 36.8 Å². The van der Waals surface area contributed by atoms with Crippen LogP contribution in [-0.4, -0.2) is 48.2 Å². The second-order valence-electron chi connectivity index (χ2n) is 4.88. The van der Waals surface area contributed by atoms with Crippen LogP contribution in [0.3, 0.4) is 0 Å². The van der Waals surface area contributed by atoms with Crippen molar-refractivity contribution in [2.24, 2.45) is 11.8 Å². The largest absolute Gasteiger partial charge is 0.391 e. The molecule has 0 aromatic carbocycles. The number of amides is 2. The Kier molecular flexibility index (Phi) is 4.14. The van der Waals surface area contributed by atoms with Crippen LogP contribution in [0.15, 0.2) is 12.2 Å². The normalized spacial score (nSPS) is 28.7. The van der Waals surface area contributed by atoms with E-state index in [0.29, 0.717) is 19.3 Å². The first-order valence-electron chi connectivity index (χ1n) is 6.32. The lowest BCUT2D eigenvalue weighted by molar-refractivity contribution is -0.140. The average Bonchev–Trinajstić information content (AvgIpc) is 2.61. The van der Waals surface area contributed by atoms with E-state index in [4.69, 9.17) is 4.74 Å². The van der Waals surface area contributed by atoms with E-state index in [9.17, 15) is 14.7 Å². The molecule has 1 aliphatic heterocycles. The lowest BCUT2D eigenvalue weighted by Gasteiger charge is -2.16. The minimum Gasteiger partial charge on any atom is -0.391 e. The molecule has 1 unspecified atom stereocenters. The molecule has 0 aromatic rings. The van der Waals surface area contributed by atoms with Gasteiger partial charge in [-0.05, 0) is 19.3 Å². The summed E-state index contributed by atoms with van der Waals surface area (Å²) in [6.07, 6.45) is 5.00. The zero-order valence-electron chi connectivity index (χ0n) is 10.5. The molecule has 3 atom stereocenters. The van der Waals surface area contributed by atoms with Crippen molar-refractivity contribution >= 4 is 11.8 Å². The zero-order valence-corrected chi connectivity index (χ0v) is 10.5. The first-order valence-corrected chi connectivity index (χ1v) is 6.32. The Bertz CT molecular complexity index is 340. The molecule has 18 heavy (non-hydrogen) atoms. The smallest absolute Gasteiger partial charge is 0.233 e. The molecule has 0 saturated carbocycles. The van der Waals surface area contributed by atoms with Gasteiger partial charge < -0.3 is 9.84 Å². The summed E-state index contributed by atoms with van der Waals surface area (Å²) in [5.41, 5.74) is 0. The van der Waals surface area contributed by atoms with Crippen LogP contribution >= 0.6 is 0 Å². The molecule has 5 heteroatoms. The SMILES string of the molecule is COCC(O)CCN1C(=O)[C@H]2CC=CC[C@H]2C1=O. The Labute approximate surface area is 106 Å². The van der Waals surface area contributed by atoms with E-state index >= 15 is 0 Å². The summed E-state index contributed by atoms with van der Waals surface area (Å²) >= 11 is 0. The van der Waals surface area contributed by atoms with E-state index in [1.165, 1.54) is 12.0 Å². The van der Waals surface area contributed by atoms with Gasteiger partial charge in [-0.2, -0.15) is 0 Å². The molecule has 5 nitrogen and oxygen atoms in total. The number of rotatable bonds is 5. The molecule has 1 N–H and O–H groups in total. The van der Waals surface area contributed by atoms with Gasteiger partial charge in [0.2, 0.25) is 11.8 Å². The van der Waals surface area contributed by atoms with Crippen LogP contribution in [-0.2, 0) is 14.3 Å². The molecule has 2 aliphatic rings. The maximum absolute atomic E-state index is 12.1. The molecule has 2 rings (SSSR count). The van der Waals surface area contributed by atoms with Crippen LogP contribution in [0.5, 0.6) is 0 Å². The van der Waals surface area contributed by atoms with Crippen LogP contribution in [0.4, 0.5) is 0 Å².